The fourth-order valence-electron chi connectivity index (χ4n) is 8.53. The average Bonchev–Trinajstić information content (AvgIpc) is 3.28. The molecule has 1 saturated heterocycles. The van der Waals surface area contributed by atoms with Gasteiger partial charge in [-0.15, -0.1) is 0 Å². The van der Waals surface area contributed by atoms with Crippen molar-refractivity contribution in [2.75, 3.05) is 13.2 Å². The van der Waals surface area contributed by atoms with Crippen molar-refractivity contribution in [3.8, 4) is 0 Å². The van der Waals surface area contributed by atoms with E-state index in [9.17, 15) is 30.3 Å². The molecule has 1 heterocycles. The van der Waals surface area contributed by atoms with E-state index in [1.165, 1.54) is 148 Å². The van der Waals surface area contributed by atoms with Crippen molar-refractivity contribution in [1.82, 2.24) is 5.32 Å². The summed E-state index contributed by atoms with van der Waals surface area (Å²) in [6, 6.07) is -0.724. The molecule has 1 aliphatic rings. The van der Waals surface area contributed by atoms with Gasteiger partial charge in [0, 0.05) is 6.42 Å². The molecule has 0 bridgehead atoms. The Balaban J connectivity index is 2.24. The highest BCUT2D eigenvalue weighted by atomic mass is 16.7. The first kappa shape index (κ1) is 59.4. The maximum atomic E-state index is 13.0. The van der Waals surface area contributed by atoms with Crippen molar-refractivity contribution in [3.05, 3.63) is 36.5 Å². The van der Waals surface area contributed by atoms with Gasteiger partial charge in [0.25, 0.3) is 0 Å². The number of unbranched alkanes of at least 4 members (excludes halogenated alkanes) is 29. The van der Waals surface area contributed by atoms with Gasteiger partial charge in [-0.05, 0) is 44.9 Å². The van der Waals surface area contributed by atoms with Gasteiger partial charge in [-0.2, -0.15) is 0 Å². The van der Waals surface area contributed by atoms with Crippen LogP contribution in [0.15, 0.2) is 36.5 Å². The van der Waals surface area contributed by atoms with E-state index in [2.05, 4.69) is 55.6 Å². The smallest absolute Gasteiger partial charge is 0.220 e. The molecule has 7 atom stereocenters. The van der Waals surface area contributed by atoms with Crippen LogP contribution in [0.2, 0.25) is 0 Å². The van der Waals surface area contributed by atoms with Crippen LogP contribution in [0.3, 0.4) is 0 Å². The monoisotopic (exact) mass is 892 g/mol. The highest BCUT2D eigenvalue weighted by Gasteiger charge is 2.44. The molecule has 0 radical (unpaired) electrons. The number of carbonyl (C=O) groups is 1. The van der Waals surface area contributed by atoms with Crippen LogP contribution in [0.1, 0.15) is 245 Å². The second-order valence-corrected chi connectivity index (χ2v) is 18.6. The van der Waals surface area contributed by atoms with E-state index in [0.29, 0.717) is 12.8 Å². The van der Waals surface area contributed by atoms with E-state index < -0.39 is 49.5 Å². The lowest BCUT2D eigenvalue weighted by atomic mass is 9.99. The number of aliphatic hydroxyl groups excluding tert-OH is 5. The van der Waals surface area contributed by atoms with Crippen LogP contribution >= 0.6 is 0 Å². The quantitative estimate of drug-likeness (QED) is 0.0261. The van der Waals surface area contributed by atoms with Crippen LogP contribution in [0.25, 0.3) is 0 Å². The number of amides is 1. The number of hydrogen-bond acceptors (Lipinski definition) is 8. The minimum atomic E-state index is -1.56. The predicted molar refractivity (Wildman–Crippen MR) is 263 cm³/mol. The van der Waals surface area contributed by atoms with E-state index in [-0.39, 0.29) is 12.5 Å². The van der Waals surface area contributed by atoms with Crippen LogP contribution in [0.5, 0.6) is 0 Å². The molecular formula is C54H101NO8. The summed E-state index contributed by atoms with van der Waals surface area (Å²) < 4.78 is 11.3. The Bertz CT molecular complexity index is 1080. The largest absolute Gasteiger partial charge is 0.394 e. The first-order chi connectivity index (χ1) is 30.8. The van der Waals surface area contributed by atoms with Gasteiger partial charge in [0.1, 0.15) is 24.4 Å². The van der Waals surface area contributed by atoms with Gasteiger partial charge < -0.3 is 40.3 Å². The van der Waals surface area contributed by atoms with E-state index in [0.717, 1.165) is 70.6 Å². The SMILES string of the molecule is CC/C=C\C/C=C\C/C=C\CCCCCCCCCC(=O)NC(COC1OC(CO)C(O)C(O)C1O)C(O)CCCCCCCCCCCCCCCCCCCCCCCCC. The lowest BCUT2D eigenvalue weighted by molar-refractivity contribution is -0.302. The molecule has 1 amide bonds. The van der Waals surface area contributed by atoms with Crippen LogP contribution < -0.4 is 5.32 Å². The lowest BCUT2D eigenvalue weighted by Gasteiger charge is -2.40. The molecule has 0 aliphatic carbocycles. The molecule has 63 heavy (non-hydrogen) atoms. The van der Waals surface area contributed by atoms with E-state index >= 15 is 0 Å². The standard InChI is InChI=1S/C54H101NO8/c1-3-5-7-9-11-13-15-17-19-21-22-23-24-25-26-28-29-31-33-35-37-39-41-43-48(57)47(46-62-54-53(61)52(60)51(59)49(45-56)63-54)55-50(58)44-42-40-38-36-34-32-30-27-20-18-16-14-12-10-8-6-4-2/h6,8,12,14,18,20,47-49,51-54,56-57,59-61H,3-5,7,9-11,13,15-17,19,21-46H2,1-2H3,(H,55,58)/b8-6-,14-12-,20-18-. The van der Waals surface area contributed by atoms with Gasteiger partial charge in [0.15, 0.2) is 6.29 Å². The third-order valence-corrected chi connectivity index (χ3v) is 12.8. The molecule has 1 fully saturated rings. The molecule has 7 unspecified atom stereocenters. The third kappa shape index (κ3) is 34.4. The second-order valence-electron chi connectivity index (χ2n) is 18.6. The number of allylic oxidation sites excluding steroid dienone is 6. The molecule has 0 spiro atoms. The molecule has 0 aromatic heterocycles. The fourth-order valence-corrected chi connectivity index (χ4v) is 8.53. The van der Waals surface area contributed by atoms with Gasteiger partial charge in [-0.25, -0.2) is 0 Å². The normalized spacial score (nSPS) is 20.4. The summed E-state index contributed by atoms with van der Waals surface area (Å²) in [4.78, 5) is 13.0. The average molecular weight is 892 g/mol. The predicted octanol–water partition coefficient (Wildman–Crippen LogP) is 12.4. The fraction of sp³-hybridized carbons (Fsp3) is 0.870. The van der Waals surface area contributed by atoms with Crippen LogP contribution in [-0.4, -0.2) is 87.5 Å². The minimum absolute atomic E-state index is 0.141. The number of aliphatic hydroxyl groups is 5. The number of carbonyl (C=O) groups excluding carboxylic acids is 1. The van der Waals surface area contributed by atoms with Crippen molar-refractivity contribution in [3.63, 3.8) is 0 Å². The Labute approximate surface area is 387 Å². The van der Waals surface area contributed by atoms with Crippen molar-refractivity contribution < 1.29 is 39.8 Å². The zero-order chi connectivity index (χ0) is 45.9. The molecule has 1 aliphatic heterocycles. The topological polar surface area (TPSA) is 149 Å². The molecule has 370 valence electrons. The minimum Gasteiger partial charge on any atom is -0.394 e. The van der Waals surface area contributed by atoms with Crippen molar-refractivity contribution in [1.29, 1.82) is 0 Å². The van der Waals surface area contributed by atoms with E-state index in [4.69, 9.17) is 9.47 Å². The van der Waals surface area contributed by atoms with Crippen molar-refractivity contribution in [2.45, 2.75) is 288 Å². The Hall–Kier alpha value is -1.59. The first-order valence-electron chi connectivity index (χ1n) is 26.7. The Morgan fingerprint density at radius 3 is 1.46 bits per heavy atom. The number of nitrogens with one attached hydrogen (secondary N) is 1. The molecule has 0 saturated carbocycles. The molecule has 0 aromatic rings. The van der Waals surface area contributed by atoms with Gasteiger partial charge in [0.05, 0.1) is 25.4 Å². The summed E-state index contributed by atoms with van der Waals surface area (Å²) in [5.74, 6) is -0.153. The molecular weight excluding hydrogens is 791 g/mol. The molecule has 0 aromatic carbocycles. The maximum Gasteiger partial charge on any atom is 0.220 e. The molecule has 6 N–H and O–H groups in total. The van der Waals surface area contributed by atoms with Crippen molar-refractivity contribution >= 4 is 5.91 Å². The van der Waals surface area contributed by atoms with Gasteiger partial charge in [0.2, 0.25) is 5.91 Å². The zero-order valence-electron chi connectivity index (χ0n) is 40.8. The van der Waals surface area contributed by atoms with Crippen LogP contribution in [0.4, 0.5) is 0 Å². The summed E-state index contributed by atoms with van der Waals surface area (Å²) in [5, 5.41) is 54.6. The zero-order valence-corrected chi connectivity index (χ0v) is 40.8. The Morgan fingerprint density at radius 2 is 0.984 bits per heavy atom. The summed E-state index contributed by atoms with van der Waals surface area (Å²) in [7, 11) is 0. The van der Waals surface area contributed by atoms with Gasteiger partial charge >= 0.3 is 0 Å². The van der Waals surface area contributed by atoms with Crippen molar-refractivity contribution in [2.24, 2.45) is 0 Å². The van der Waals surface area contributed by atoms with E-state index in [1.807, 2.05) is 0 Å². The highest BCUT2D eigenvalue weighted by Crippen LogP contribution is 2.23. The summed E-state index contributed by atoms with van der Waals surface area (Å²) >= 11 is 0. The third-order valence-electron chi connectivity index (χ3n) is 12.8. The first-order valence-corrected chi connectivity index (χ1v) is 26.7. The molecule has 1 rings (SSSR count). The molecule has 9 nitrogen and oxygen atoms in total. The highest BCUT2D eigenvalue weighted by molar-refractivity contribution is 5.76. The summed E-state index contributed by atoms with van der Waals surface area (Å²) in [5.41, 5.74) is 0. The number of rotatable bonds is 45. The summed E-state index contributed by atoms with van der Waals surface area (Å²) in [6.07, 6.45) is 48.7. The van der Waals surface area contributed by atoms with Gasteiger partial charge in [-0.3, -0.25) is 4.79 Å². The van der Waals surface area contributed by atoms with E-state index in [1.54, 1.807) is 0 Å². The maximum absolute atomic E-state index is 13.0. The summed E-state index contributed by atoms with van der Waals surface area (Å²) in [6.45, 7) is 3.74. The Morgan fingerprint density at radius 1 is 0.556 bits per heavy atom. The van der Waals surface area contributed by atoms with Crippen LogP contribution in [-0.2, 0) is 14.3 Å². The number of hydrogen-bond donors (Lipinski definition) is 6. The van der Waals surface area contributed by atoms with Crippen LogP contribution in [0, 0.1) is 0 Å². The molecule has 9 heteroatoms. The second kappa shape index (κ2) is 44.3. The van der Waals surface area contributed by atoms with Gasteiger partial charge in [-0.1, -0.05) is 230 Å². The number of ether oxygens (including phenoxy) is 2. The Kier molecular flexibility index (Phi) is 41.7. The lowest BCUT2D eigenvalue weighted by Crippen LogP contribution is -2.60.